The van der Waals surface area contributed by atoms with Crippen LogP contribution in [0.3, 0.4) is 0 Å². The van der Waals surface area contributed by atoms with Crippen molar-refractivity contribution in [1.82, 2.24) is 9.97 Å². The number of thioether (sulfide) groups is 1. The molecule has 0 aromatic carbocycles. The minimum absolute atomic E-state index is 0.903. The highest BCUT2D eigenvalue weighted by molar-refractivity contribution is 8.00. The van der Waals surface area contributed by atoms with Gasteiger partial charge in [0, 0.05) is 12.4 Å². The largest absolute Gasteiger partial charge is 0.231 e. The van der Waals surface area contributed by atoms with Crippen LogP contribution in [0.15, 0.2) is 23.6 Å². The molecule has 0 aliphatic heterocycles. The third-order valence-electron chi connectivity index (χ3n) is 1.18. The van der Waals surface area contributed by atoms with Crippen molar-refractivity contribution >= 4 is 19.8 Å². The molecular weight excluding hydrogens is 184 g/mol. The van der Waals surface area contributed by atoms with E-state index < -0.39 is 8.07 Å². The highest BCUT2D eigenvalue weighted by atomic mass is 32.2. The monoisotopic (exact) mass is 198 g/mol. The number of aromatic nitrogens is 2. The summed E-state index contributed by atoms with van der Waals surface area (Å²) in [5.74, 6) is 0. The molecule has 0 N–H and O–H groups in total. The van der Waals surface area contributed by atoms with Crippen LogP contribution in [0.2, 0.25) is 19.6 Å². The zero-order valence-corrected chi connectivity index (χ0v) is 9.56. The van der Waals surface area contributed by atoms with E-state index in [1.165, 1.54) is 5.38 Å². The van der Waals surface area contributed by atoms with Gasteiger partial charge in [-0.25, -0.2) is 9.97 Å². The SMILES string of the molecule is C[Si](C)(C)CSc1ncccn1. The van der Waals surface area contributed by atoms with E-state index in [1.807, 2.05) is 6.07 Å². The molecular formula is C8H14N2SSi. The molecule has 2 nitrogen and oxygen atoms in total. The van der Waals surface area contributed by atoms with Gasteiger partial charge >= 0.3 is 0 Å². The van der Waals surface area contributed by atoms with Gasteiger partial charge in [0.05, 0.1) is 8.07 Å². The standard InChI is InChI=1S/C8H14N2SSi/c1-12(2,3)7-11-8-9-5-4-6-10-8/h4-6H,7H2,1-3H3. The van der Waals surface area contributed by atoms with Crippen molar-refractivity contribution in [1.29, 1.82) is 0 Å². The highest BCUT2D eigenvalue weighted by Gasteiger charge is 2.13. The summed E-state index contributed by atoms with van der Waals surface area (Å²) in [5, 5.41) is 2.09. The smallest absolute Gasteiger partial charge is 0.187 e. The van der Waals surface area contributed by atoms with Crippen molar-refractivity contribution in [2.45, 2.75) is 24.8 Å². The van der Waals surface area contributed by atoms with Crippen LogP contribution in [-0.2, 0) is 0 Å². The zero-order chi connectivity index (χ0) is 9.03. The topological polar surface area (TPSA) is 25.8 Å². The fourth-order valence-corrected chi connectivity index (χ4v) is 3.16. The molecule has 4 heteroatoms. The molecule has 1 rings (SSSR count). The maximum Gasteiger partial charge on any atom is 0.187 e. The molecule has 12 heavy (non-hydrogen) atoms. The van der Waals surface area contributed by atoms with E-state index in [4.69, 9.17) is 0 Å². The van der Waals surface area contributed by atoms with Gasteiger partial charge in [0.25, 0.3) is 0 Å². The van der Waals surface area contributed by atoms with Crippen molar-refractivity contribution in [3.63, 3.8) is 0 Å². The van der Waals surface area contributed by atoms with E-state index in [2.05, 4.69) is 29.6 Å². The molecule has 0 aliphatic carbocycles. The summed E-state index contributed by atoms with van der Waals surface area (Å²) >= 11 is 1.77. The van der Waals surface area contributed by atoms with Crippen molar-refractivity contribution in [2.75, 3.05) is 5.38 Å². The first-order valence-corrected chi connectivity index (χ1v) is 8.67. The van der Waals surface area contributed by atoms with E-state index >= 15 is 0 Å². The van der Waals surface area contributed by atoms with Gasteiger partial charge in [-0.1, -0.05) is 31.4 Å². The molecule has 1 aromatic heterocycles. The van der Waals surface area contributed by atoms with Crippen molar-refractivity contribution in [3.8, 4) is 0 Å². The molecule has 0 unspecified atom stereocenters. The predicted molar refractivity (Wildman–Crippen MR) is 56.1 cm³/mol. The second-order valence-electron chi connectivity index (χ2n) is 3.88. The molecule has 0 saturated heterocycles. The van der Waals surface area contributed by atoms with Gasteiger partial charge in [-0.05, 0) is 11.4 Å². The fourth-order valence-electron chi connectivity index (χ4n) is 0.641. The maximum absolute atomic E-state index is 4.16. The van der Waals surface area contributed by atoms with E-state index in [1.54, 1.807) is 24.2 Å². The van der Waals surface area contributed by atoms with Gasteiger partial charge in [-0.15, -0.1) is 0 Å². The number of nitrogens with zero attached hydrogens (tertiary/aromatic N) is 2. The molecule has 0 radical (unpaired) electrons. The van der Waals surface area contributed by atoms with Crippen LogP contribution >= 0.6 is 11.8 Å². The summed E-state index contributed by atoms with van der Waals surface area (Å²) in [6, 6.07) is 1.85. The molecule has 1 aromatic rings. The number of rotatable bonds is 3. The van der Waals surface area contributed by atoms with Crippen LogP contribution in [0.5, 0.6) is 0 Å². The summed E-state index contributed by atoms with van der Waals surface area (Å²) < 4.78 is 0. The van der Waals surface area contributed by atoms with Gasteiger partial charge in [0.15, 0.2) is 5.16 Å². The fraction of sp³-hybridized carbons (Fsp3) is 0.500. The Morgan fingerprint density at radius 2 is 1.83 bits per heavy atom. The molecule has 0 amide bonds. The maximum atomic E-state index is 4.16. The Labute approximate surface area is 78.8 Å². The minimum Gasteiger partial charge on any atom is -0.231 e. The average molecular weight is 198 g/mol. The quantitative estimate of drug-likeness (QED) is 0.424. The first kappa shape index (κ1) is 9.73. The van der Waals surface area contributed by atoms with Gasteiger partial charge in [0.2, 0.25) is 0 Å². The third kappa shape index (κ3) is 3.87. The Bertz CT molecular complexity index is 233. The van der Waals surface area contributed by atoms with E-state index in [0.717, 1.165) is 5.16 Å². The van der Waals surface area contributed by atoms with Gasteiger partial charge in [-0.3, -0.25) is 0 Å². The summed E-state index contributed by atoms with van der Waals surface area (Å²) in [6.45, 7) is 7.05. The highest BCUT2D eigenvalue weighted by Crippen LogP contribution is 2.16. The van der Waals surface area contributed by atoms with E-state index in [0.29, 0.717) is 0 Å². The molecule has 0 spiro atoms. The summed E-state index contributed by atoms with van der Waals surface area (Å²) in [4.78, 5) is 8.31. The normalized spacial score (nSPS) is 11.6. The summed E-state index contributed by atoms with van der Waals surface area (Å²) in [7, 11) is -0.957. The van der Waals surface area contributed by atoms with Crippen molar-refractivity contribution < 1.29 is 0 Å². The number of hydrogen-bond donors (Lipinski definition) is 0. The lowest BCUT2D eigenvalue weighted by Gasteiger charge is -2.13. The van der Waals surface area contributed by atoms with Gasteiger partial charge in [0.1, 0.15) is 0 Å². The first-order valence-electron chi connectivity index (χ1n) is 3.98. The van der Waals surface area contributed by atoms with Crippen LogP contribution in [0.1, 0.15) is 0 Å². The molecule has 0 atom stereocenters. The van der Waals surface area contributed by atoms with E-state index in [-0.39, 0.29) is 0 Å². The molecule has 0 aliphatic rings. The van der Waals surface area contributed by atoms with Crippen LogP contribution in [0.4, 0.5) is 0 Å². The molecule has 1 heterocycles. The molecule has 0 fully saturated rings. The minimum atomic E-state index is -0.957. The lowest BCUT2D eigenvalue weighted by Crippen LogP contribution is -2.23. The summed E-state index contributed by atoms with van der Waals surface area (Å²) in [6.07, 6.45) is 3.58. The zero-order valence-electron chi connectivity index (χ0n) is 7.74. The van der Waals surface area contributed by atoms with Crippen molar-refractivity contribution in [2.24, 2.45) is 0 Å². The average Bonchev–Trinajstić information content (AvgIpc) is 2.02. The molecule has 66 valence electrons. The van der Waals surface area contributed by atoms with Crippen LogP contribution in [0, 0.1) is 0 Å². The second kappa shape index (κ2) is 4.05. The Morgan fingerprint density at radius 3 is 2.33 bits per heavy atom. The summed E-state index contributed by atoms with van der Waals surface area (Å²) in [5.41, 5.74) is 0. The Kier molecular flexibility index (Phi) is 3.28. The Hall–Kier alpha value is -0.353. The second-order valence-corrected chi connectivity index (χ2v) is 10.8. The van der Waals surface area contributed by atoms with Crippen LogP contribution < -0.4 is 0 Å². The lowest BCUT2D eigenvalue weighted by atomic mass is 10.7. The number of hydrogen-bond acceptors (Lipinski definition) is 3. The molecule has 0 saturated carbocycles. The van der Waals surface area contributed by atoms with Gasteiger partial charge in [-0.2, -0.15) is 0 Å². The predicted octanol–water partition coefficient (Wildman–Crippen LogP) is 2.45. The Morgan fingerprint density at radius 1 is 1.25 bits per heavy atom. The van der Waals surface area contributed by atoms with Crippen LogP contribution in [-0.4, -0.2) is 23.4 Å². The van der Waals surface area contributed by atoms with E-state index in [9.17, 15) is 0 Å². The van der Waals surface area contributed by atoms with Gasteiger partial charge < -0.3 is 0 Å². The van der Waals surface area contributed by atoms with Crippen LogP contribution in [0.25, 0.3) is 0 Å². The third-order valence-corrected chi connectivity index (χ3v) is 5.69. The van der Waals surface area contributed by atoms with Crippen molar-refractivity contribution in [3.05, 3.63) is 18.5 Å². The lowest BCUT2D eigenvalue weighted by molar-refractivity contribution is 0.969. The Balaban J connectivity index is 2.44. The first-order chi connectivity index (χ1) is 5.58. The molecule has 0 bridgehead atoms.